The van der Waals surface area contributed by atoms with Crippen molar-refractivity contribution in [1.29, 1.82) is 5.26 Å². The lowest BCUT2D eigenvalue weighted by molar-refractivity contribution is -0.137. The largest absolute Gasteiger partial charge is 0.416 e. The maximum Gasteiger partial charge on any atom is 0.416 e. The van der Waals surface area contributed by atoms with Crippen LogP contribution in [-0.4, -0.2) is 23.0 Å². The predicted octanol–water partition coefficient (Wildman–Crippen LogP) is 3.40. The third-order valence-corrected chi connectivity index (χ3v) is 5.03. The van der Waals surface area contributed by atoms with Crippen molar-refractivity contribution in [2.24, 2.45) is 5.92 Å². The van der Waals surface area contributed by atoms with Crippen LogP contribution in [0.4, 0.5) is 13.2 Å². The molecule has 1 aromatic rings. The molecule has 0 spiro atoms. The van der Waals surface area contributed by atoms with E-state index < -0.39 is 23.2 Å². The average molecular weight is 342 g/mol. The van der Waals surface area contributed by atoms with Gasteiger partial charge in [0.15, 0.2) is 0 Å². The van der Waals surface area contributed by atoms with Gasteiger partial charge in [-0.05, 0) is 30.2 Å². The van der Waals surface area contributed by atoms with Crippen LogP contribution >= 0.6 is 11.8 Å². The quantitative estimate of drug-likeness (QED) is 0.912. The van der Waals surface area contributed by atoms with Gasteiger partial charge in [0.1, 0.15) is 5.54 Å². The number of nitrogens with one attached hydrogen (secondary N) is 1. The van der Waals surface area contributed by atoms with E-state index in [9.17, 15) is 23.2 Å². The summed E-state index contributed by atoms with van der Waals surface area (Å²) in [4.78, 5) is 12.3. The molecule has 0 radical (unpaired) electrons. The van der Waals surface area contributed by atoms with E-state index in [0.717, 1.165) is 17.9 Å². The molecule has 0 bridgehead atoms. The van der Waals surface area contributed by atoms with Crippen molar-refractivity contribution in [3.8, 4) is 6.07 Å². The molecule has 1 saturated heterocycles. The molecule has 7 heteroatoms. The summed E-state index contributed by atoms with van der Waals surface area (Å²) in [6.45, 7) is 1.66. The van der Waals surface area contributed by atoms with Gasteiger partial charge >= 0.3 is 6.18 Å². The average Bonchev–Trinajstić information content (AvgIpc) is 2.95. The number of rotatable bonds is 4. The Labute approximate surface area is 137 Å². The highest BCUT2D eigenvalue weighted by Crippen LogP contribution is 2.30. The summed E-state index contributed by atoms with van der Waals surface area (Å²) < 4.78 is 38.1. The van der Waals surface area contributed by atoms with Gasteiger partial charge in [-0.3, -0.25) is 4.79 Å². The lowest BCUT2D eigenvalue weighted by atomic mass is 9.95. The van der Waals surface area contributed by atoms with Crippen LogP contribution in [-0.2, 0) is 17.4 Å². The first-order valence-corrected chi connectivity index (χ1v) is 8.38. The summed E-state index contributed by atoms with van der Waals surface area (Å²) in [5.41, 5.74) is -1.11. The van der Waals surface area contributed by atoms with E-state index in [0.29, 0.717) is 17.7 Å². The highest BCUT2D eigenvalue weighted by Gasteiger charge is 2.37. The van der Waals surface area contributed by atoms with Gasteiger partial charge in [0.25, 0.3) is 0 Å². The van der Waals surface area contributed by atoms with Crippen LogP contribution in [0.15, 0.2) is 24.3 Å². The van der Waals surface area contributed by atoms with E-state index in [1.54, 1.807) is 24.8 Å². The Morgan fingerprint density at radius 3 is 2.83 bits per heavy atom. The summed E-state index contributed by atoms with van der Waals surface area (Å²) in [5, 5.41) is 12.0. The van der Waals surface area contributed by atoms with Gasteiger partial charge in [0.2, 0.25) is 5.91 Å². The van der Waals surface area contributed by atoms with Crippen molar-refractivity contribution in [2.75, 3.05) is 11.5 Å². The minimum absolute atomic E-state index is 0.199. The second kappa shape index (κ2) is 6.83. The Bertz CT molecular complexity index is 618. The first-order chi connectivity index (χ1) is 10.8. The van der Waals surface area contributed by atoms with Crippen molar-refractivity contribution >= 4 is 17.7 Å². The van der Waals surface area contributed by atoms with E-state index in [4.69, 9.17) is 0 Å². The number of carbonyl (C=O) groups excluding carboxylic acids is 1. The van der Waals surface area contributed by atoms with Gasteiger partial charge in [0, 0.05) is 11.7 Å². The summed E-state index contributed by atoms with van der Waals surface area (Å²) in [6, 6.07) is 7.14. The van der Waals surface area contributed by atoms with E-state index >= 15 is 0 Å². The van der Waals surface area contributed by atoms with Gasteiger partial charge in [-0.1, -0.05) is 25.1 Å². The number of hydrogen-bond donors (Lipinski definition) is 1. The minimum Gasteiger partial charge on any atom is -0.337 e. The second-order valence-corrected chi connectivity index (χ2v) is 6.89. The maximum atomic E-state index is 12.7. The van der Waals surface area contributed by atoms with Crippen LogP contribution in [0.2, 0.25) is 0 Å². The molecule has 1 N–H and O–H groups in total. The van der Waals surface area contributed by atoms with Crippen molar-refractivity contribution in [3.05, 3.63) is 35.4 Å². The Morgan fingerprint density at radius 1 is 1.52 bits per heavy atom. The molecule has 23 heavy (non-hydrogen) atoms. The summed E-state index contributed by atoms with van der Waals surface area (Å²) >= 11 is 1.61. The molecule has 2 rings (SSSR count). The number of alkyl halides is 3. The topological polar surface area (TPSA) is 52.9 Å². The molecule has 3 nitrogen and oxygen atoms in total. The van der Waals surface area contributed by atoms with Crippen LogP contribution < -0.4 is 5.32 Å². The molecule has 1 aromatic carbocycles. The van der Waals surface area contributed by atoms with Crippen LogP contribution in [0.5, 0.6) is 0 Å². The molecule has 0 aliphatic carbocycles. The predicted molar refractivity (Wildman–Crippen MR) is 82.7 cm³/mol. The summed E-state index contributed by atoms with van der Waals surface area (Å²) in [7, 11) is 0. The molecule has 1 heterocycles. The lowest BCUT2D eigenvalue weighted by Gasteiger charge is -2.23. The first kappa shape index (κ1) is 17.7. The van der Waals surface area contributed by atoms with Gasteiger partial charge in [-0.2, -0.15) is 30.2 Å². The highest BCUT2D eigenvalue weighted by molar-refractivity contribution is 7.99. The van der Waals surface area contributed by atoms with E-state index in [-0.39, 0.29) is 12.3 Å². The number of amides is 1. The zero-order chi connectivity index (χ0) is 17.1. The molecule has 1 amide bonds. The van der Waals surface area contributed by atoms with E-state index in [1.165, 1.54) is 6.07 Å². The van der Waals surface area contributed by atoms with Gasteiger partial charge in [-0.15, -0.1) is 0 Å². The lowest BCUT2D eigenvalue weighted by Crippen LogP contribution is -2.49. The number of nitriles is 1. The van der Waals surface area contributed by atoms with Crippen molar-refractivity contribution in [3.63, 3.8) is 0 Å². The van der Waals surface area contributed by atoms with Crippen molar-refractivity contribution in [2.45, 2.75) is 31.5 Å². The number of nitrogens with zero attached hydrogens (tertiary/aromatic N) is 1. The zero-order valence-electron chi connectivity index (χ0n) is 12.6. The molecule has 0 saturated carbocycles. The number of thioether (sulfide) groups is 1. The zero-order valence-corrected chi connectivity index (χ0v) is 13.4. The monoisotopic (exact) mass is 342 g/mol. The van der Waals surface area contributed by atoms with Crippen LogP contribution in [0.3, 0.4) is 0 Å². The van der Waals surface area contributed by atoms with E-state index in [2.05, 4.69) is 11.4 Å². The number of carbonyl (C=O) groups is 1. The Hall–Kier alpha value is -1.68. The number of benzene rings is 1. The third-order valence-electron chi connectivity index (χ3n) is 3.84. The SMILES string of the molecule is C[C@@H](Cc1cccc(C(F)(F)F)c1)C(=O)N[C@]1(C#N)CCSC1. The Balaban J connectivity index is 2.03. The number of halogens is 3. The second-order valence-electron chi connectivity index (χ2n) is 5.79. The standard InChI is InChI=1S/C16H17F3N2OS/c1-11(14(22)21-15(9-20)5-6-23-10-15)7-12-3-2-4-13(8-12)16(17,18)19/h2-4,8,11H,5-7,10H2,1H3,(H,21,22)/t11-,15-/m0/s1. The normalized spacial score (nSPS) is 22.4. The fourth-order valence-corrected chi connectivity index (χ4v) is 3.73. The summed E-state index contributed by atoms with van der Waals surface area (Å²) in [5.74, 6) is 0.558. The van der Waals surface area contributed by atoms with Crippen LogP contribution in [0.25, 0.3) is 0 Å². The smallest absolute Gasteiger partial charge is 0.337 e. The Kier molecular flexibility index (Phi) is 5.25. The highest BCUT2D eigenvalue weighted by atomic mass is 32.2. The van der Waals surface area contributed by atoms with Crippen molar-refractivity contribution < 1.29 is 18.0 Å². The maximum absolute atomic E-state index is 12.7. The van der Waals surface area contributed by atoms with Crippen LogP contribution in [0, 0.1) is 17.2 Å². The molecule has 2 atom stereocenters. The van der Waals surface area contributed by atoms with Crippen molar-refractivity contribution in [1.82, 2.24) is 5.32 Å². The number of hydrogen-bond acceptors (Lipinski definition) is 3. The van der Waals surface area contributed by atoms with Crippen LogP contribution in [0.1, 0.15) is 24.5 Å². The fraction of sp³-hybridized carbons (Fsp3) is 0.500. The minimum atomic E-state index is -4.40. The molecule has 0 aromatic heterocycles. The Morgan fingerprint density at radius 2 is 2.26 bits per heavy atom. The fourth-order valence-electron chi connectivity index (χ4n) is 2.46. The molecule has 1 aliphatic rings. The summed E-state index contributed by atoms with van der Waals surface area (Å²) in [6.07, 6.45) is -3.60. The molecule has 1 aliphatic heterocycles. The molecule has 1 fully saturated rings. The molecule has 124 valence electrons. The third kappa shape index (κ3) is 4.41. The molecular formula is C16H17F3N2OS. The van der Waals surface area contributed by atoms with Gasteiger partial charge < -0.3 is 5.32 Å². The molecule has 0 unspecified atom stereocenters. The van der Waals surface area contributed by atoms with Gasteiger partial charge in [0.05, 0.1) is 11.6 Å². The van der Waals surface area contributed by atoms with Gasteiger partial charge in [-0.25, -0.2) is 0 Å². The molecular weight excluding hydrogens is 325 g/mol. The van der Waals surface area contributed by atoms with E-state index in [1.807, 2.05) is 0 Å². The first-order valence-electron chi connectivity index (χ1n) is 7.23.